The van der Waals surface area contributed by atoms with Gasteiger partial charge in [-0.2, -0.15) is 0 Å². The smallest absolute Gasteiger partial charge is 0.185 e. The molecule has 0 aromatic carbocycles. The van der Waals surface area contributed by atoms with Crippen LogP contribution < -0.4 is 10.2 Å². The summed E-state index contributed by atoms with van der Waals surface area (Å²) in [5, 5.41) is 4.86. The Morgan fingerprint density at radius 3 is 2.80 bits per heavy atom. The maximum Gasteiger partial charge on any atom is 0.185 e. The zero-order valence-corrected chi connectivity index (χ0v) is 13.1. The van der Waals surface area contributed by atoms with E-state index >= 15 is 0 Å². The molecule has 2 aliphatic rings. The zero-order chi connectivity index (χ0) is 13.8. The molecule has 4 nitrogen and oxygen atoms in total. The number of hydrogen-bond donors (Lipinski definition) is 1. The summed E-state index contributed by atoms with van der Waals surface area (Å²) < 4.78 is 5.39. The van der Waals surface area contributed by atoms with E-state index in [9.17, 15) is 0 Å². The molecule has 2 fully saturated rings. The van der Waals surface area contributed by atoms with Crippen LogP contribution in [0.4, 0.5) is 5.13 Å². The molecule has 1 aliphatic carbocycles. The number of anilines is 1. The minimum Gasteiger partial charge on any atom is -0.378 e. The molecule has 1 N–H and O–H groups in total. The van der Waals surface area contributed by atoms with Gasteiger partial charge in [0.2, 0.25) is 0 Å². The molecule has 20 heavy (non-hydrogen) atoms. The molecule has 2 heterocycles. The lowest BCUT2D eigenvalue weighted by molar-refractivity contribution is 0.122. The quantitative estimate of drug-likeness (QED) is 0.926. The average molecular weight is 295 g/mol. The van der Waals surface area contributed by atoms with Crippen molar-refractivity contribution in [1.82, 2.24) is 10.3 Å². The van der Waals surface area contributed by atoms with Crippen LogP contribution in [0.3, 0.4) is 0 Å². The SMILES string of the molecule is CC1CCC(NCc2cnc(N3CCOCC3)s2)CC1. The molecule has 1 aromatic heterocycles. The predicted octanol–water partition coefficient (Wildman–Crippen LogP) is 2.65. The lowest BCUT2D eigenvalue weighted by atomic mass is 9.87. The summed E-state index contributed by atoms with van der Waals surface area (Å²) in [6.45, 7) is 6.94. The molecule has 3 rings (SSSR count). The third-order valence-electron chi connectivity index (χ3n) is 4.40. The fraction of sp³-hybridized carbons (Fsp3) is 0.800. The molecular weight excluding hydrogens is 270 g/mol. The van der Waals surface area contributed by atoms with E-state index in [1.54, 1.807) is 0 Å². The van der Waals surface area contributed by atoms with Crippen molar-refractivity contribution in [2.45, 2.75) is 45.2 Å². The number of aromatic nitrogens is 1. The van der Waals surface area contributed by atoms with Crippen molar-refractivity contribution in [3.05, 3.63) is 11.1 Å². The summed E-state index contributed by atoms with van der Waals surface area (Å²) in [6.07, 6.45) is 7.44. The largest absolute Gasteiger partial charge is 0.378 e. The molecule has 0 radical (unpaired) electrons. The summed E-state index contributed by atoms with van der Waals surface area (Å²) in [6, 6.07) is 0.708. The van der Waals surface area contributed by atoms with E-state index in [1.807, 2.05) is 17.5 Å². The highest BCUT2D eigenvalue weighted by atomic mass is 32.1. The summed E-state index contributed by atoms with van der Waals surface area (Å²) in [7, 11) is 0. The molecule has 1 saturated carbocycles. The van der Waals surface area contributed by atoms with Crippen LogP contribution in [0.1, 0.15) is 37.5 Å². The molecule has 1 aromatic rings. The van der Waals surface area contributed by atoms with Crippen LogP contribution in [-0.4, -0.2) is 37.3 Å². The third kappa shape index (κ3) is 3.71. The van der Waals surface area contributed by atoms with Gasteiger partial charge in [0.25, 0.3) is 0 Å². The number of hydrogen-bond acceptors (Lipinski definition) is 5. The lowest BCUT2D eigenvalue weighted by Gasteiger charge is -2.27. The molecule has 0 bridgehead atoms. The number of rotatable bonds is 4. The fourth-order valence-electron chi connectivity index (χ4n) is 2.99. The van der Waals surface area contributed by atoms with E-state index in [0.717, 1.165) is 43.9 Å². The second-order valence-electron chi connectivity index (χ2n) is 6.05. The van der Waals surface area contributed by atoms with Gasteiger partial charge < -0.3 is 15.0 Å². The average Bonchev–Trinajstić information content (AvgIpc) is 2.97. The van der Waals surface area contributed by atoms with Gasteiger partial charge in [0, 0.05) is 36.8 Å². The van der Waals surface area contributed by atoms with Gasteiger partial charge in [0.1, 0.15) is 0 Å². The van der Waals surface area contributed by atoms with E-state index in [1.165, 1.54) is 30.6 Å². The Morgan fingerprint density at radius 1 is 1.30 bits per heavy atom. The maximum atomic E-state index is 5.39. The minimum atomic E-state index is 0.708. The zero-order valence-electron chi connectivity index (χ0n) is 12.3. The highest BCUT2D eigenvalue weighted by molar-refractivity contribution is 7.15. The molecule has 5 heteroatoms. The van der Waals surface area contributed by atoms with Crippen molar-refractivity contribution in [2.75, 3.05) is 31.2 Å². The van der Waals surface area contributed by atoms with Crippen LogP contribution in [0.25, 0.3) is 0 Å². The second-order valence-corrected chi connectivity index (χ2v) is 7.14. The topological polar surface area (TPSA) is 37.4 Å². The molecule has 0 atom stereocenters. The highest BCUT2D eigenvalue weighted by Gasteiger charge is 2.18. The second kappa shape index (κ2) is 6.87. The predicted molar refractivity (Wildman–Crippen MR) is 83.4 cm³/mol. The van der Waals surface area contributed by atoms with Crippen molar-refractivity contribution in [2.24, 2.45) is 5.92 Å². The lowest BCUT2D eigenvalue weighted by Crippen LogP contribution is -2.36. The first-order valence-corrected chi connectivity index (χ1v) is 8.63. The van der Waals surface area contributed by atoms with Gasteiger partial charge in [-0.1, -0.05) is 6.92 Å². The monoisotopic (exact) mass is 295 g/mol. The van der Waals surface area contributed by atoms with Gasteiger partial charge in [-0.05, 0) is 31.6 Å². The third-order valence-corrected chi connectivity index (χ3v) is 5.46. The normalized spacial score (nSPS) is 27.8. The number of thiazole rings is 1. The Hall–Kier alpha value is -0.650. The number of nitrogens with one attached hydrogen (secondary N) is 1. The Morgan fingerprint density at radius 2 is 2.05 bits per heavy atom. The van der Waals surface area contributed by atoms with Gasteiger partial charge in [-0.25, -0.2) is 4.98 Å². The van der Waals surface area contributed by atoms with Crippen molar-refractivity contribution >= 4 is 16.5 Å². The summed E-state index contributed by atoms with van der Waals surface area (Å²) >= 11 is 1.83. The Kier molecular flexibility index (Phi) is 4.91. The Labute approximate surface area is 125 Å². The van der Waals surface area contributed by atoms with E-state index < -0.39 is 0 Å². The van der Waals surface area contributed by atoms with E-state index in [-0.39, 0.29) is 0 Å². The number of ether oxygens (including phenoxy) is 1. The van der Waals surface area contributed by atoms with Crippen LogP contribution in [0.2, 0.25) is 0 Å². The minimum absolute atomic E-state index is 0.708. The van der Waals surface area contributed by atoms with Gasteiger partial charge >= 0.3 is 0 Å². The molecule has 0 unspecified atom stereocenters. The fourth-order valence-corrected chi connectivity index (χ4v) is 3.90. The molecule has 1 aliphatic heterocycles. The van der Waals surface area contributed by atoms with Gasteiger partial charge in [-0.3, -0.25) is 0 Å². The van der Waals surface area contributed by atoms with Crippen molar-refractivity contribution < 1.29 is 4.74 Å². The summed E-state index contributed by atoms with van der Waals surface area (Å²) in [4.78, 5) is 8.25. The van der Waals surface area contributed by atoms with Crippen LogP contribution in [-0.2, 0) is 11.3 Å². The maximum absolute atomic E-state index is 5.39. The number of nitrogens with zero attached hydrogens (tertiary/aromatic N) is 2. The van der Waals surface area contributed by atoms with E-state index in [4.69, 9.17) is 4.74 Å². The van der Waals surface area contributed by atoms with E-state index in [0.29, 0.717) is 6.04 Å². The van der Waals surface area contributed by atoms with Gasteiger partial charge in [0.15, 0.2) is 5.13 Å². The standard InChI is InChI=1S/C15H25N3OS/c1-12-2-4-13(5-3-12)16-10-14-11-17-15(20-14)18-6-8-19-9-7-18/h11-13,16H,2-10H2,1H3. The Balaban J connectivity index is 1.47. The van der Waals surface area contributed by atoms with Gasteiger partial charge in [-0.15, -0.1) is 11.3 Å². The molecule has 0 amide bonds. The van der Waals surface area contributed by atoms with Crippen molar-refractivity contribution in [3.8, 4) is 0 Å². The first-order chi connectivity index (χ1) is 9.81. The van der Waals surface area contributed by atoms with Crippen LogP contribution in [0.5, 0.6) is 0 Å². The first kappa shape index (κ1) is 14.3. The molecular formula is C15H25N3OS. The van der Waals surface area contributed by atoms with Crippen LogP contribution in [0.15, 0.2) is 6.20 Å². The van der Waals surface area contributed by atoms with Crippen LogP contribution in [0, 0.1) is 5.92 Å². The molecule has 1 saturated heterocycles. The van der Waals surface area contributed by atoms with Crippen molar-refractivity contribution in [3.63, 3.8) is 0 Å². The summed E-state index contributed by atoms with van der Waals surface area (Å²) in [5.41, 5.74) is 0. The van der Waals surface area contributed by atoms with Crippen molar-refractivity contribution in [1.29, 1.82) is 0 Å². The van der Waals surface area contributed by atoms with Crippen LogP contribution >= 0.6 is 11.3 Å². The molecule has 0 spiro atoms. The first-order valence-electron chi connectivity index (χ1n) is 7.82. The Bertz CT molecular complexity index is 409. The number of morpholine rings is 1. The highest BCUT2D eigenvalue weighted by Crippen LogP contribution is 2.26. The van der Waals surface area contributed by atoms with E-state index in [2.05, 4.69) is 22.1 Å². The van der Waals surface area contributed by atoms with Gasteiger partial charge in [0.05, 0.1) is 13.2 Å². The summed E-state index contributed by atoms with van der Waals surface area (Å²) in [5.74, 6) is 0.921. The molecule has 112 valence electrons.